The van der Waals surface area contributed by atoms with E-state index in [1.807, 2.05) is 4.90 Å². The molecule has 1 saturated heterocycles. The maximum Gasteiger partial charge on any atom is 0.199 e. The molecule has 3 heterocycles. The first-order valence-electron chi connectivity index (χ1n) is 5.71. The van der Waals surface area contributed by atoms with E-state index in [0.717, 1.165) is 18.7 Å². The molecule has 0 aromatic carbocycles. The van der Waals surface area contributed by atoms with E-state index < -0.39 is 5.60 Å². The fourth-order valence-electron chi connectivity index (χ4n) is 2.33. The molecule has 0 radical (unpaired) electrons. The van der Waals surface area contributed by atoms with Gasteiger partial charge in [0.1, 0.15) is 0 Å². The maximum absolute atomic E-state index is 10.1. The van der Waals surface area contributed by atoms with Gasteiger partial charge >= 0.3 is 0 Å². The van der Waals surface area contributed by atoms with Crippen molar-refractivity contribution in [3.05, 3.63) is 12.4 Å². The van der Waals surface area contributed by atoms with E-state index in [1.165, 1.54) is 0 Å². The van der Waals surface area contributed by atoms with E-state index in [-0.39, 0.29) is 0 Å². The monoisotopic (exact) mass is 234 g/mol. The summed E-state index contributed by atoms with van der Waals surface area (Å²) in [7, 11) is 0. The van der Waals surface area contributed by atoms with E-state index in [1.54, 1.807) is 16.9 Å². The van der Waals surface area contributed by atoms with Crippen LogP contribution in [-0.4, -0.2) is 48.8 Å². The van der Waals surface area contributed by atoms with Gasteiger partial charge in [-0.15, -0.1) is 5.10 Å². The first-order chi connectivity index (χ1) is 8.22. The fourth-order valence-corrected chi connectivity index (χ4v) is 2.33. The van der Waals surface area contributed by atoms with Gasteiger partial charge in [-0.1, -0.05) is 13.3 Å². The fraction of sp³-hybridized carbons (Fsp3) is 0.600. The molecule has 0 unspecified atom stereocenters. The summed E-state index contributed by atoms with van der Waals surface area (Å²) in [5, 5.41) is 21.5. The Hall–Kier alpha value is -1.76. The second-order valence-electron chi connectivity index (χ2n) is 4.54. The second kappa shape index (κ2) is 3.63. The molecule has 0 bridgehead atoms. The third-order valence-corrected chi connectivity index (χ3v) is 3.10. The minimum Gasteiger partial charge on any atom is -0.386 e. The average molecular weight is 234 g/mol. The van der Waals surface area contributed by atoms with Crippen LogP contribution < -0.4 is 4.90 Å². The number of nitrogens with zero attached hydrogens (tertiary/aromatic N) is 6. The van der Waals surface area contributed by atoms with E-state index >= 15 is 0 Å². The molecule has 1 aliphatic heterocycles. The Morgan fingerprint density at radius 3 is 3.00 bits per heavy atom. The van der Waals surface area contributed by atoms with Crippen LogP contribution in [-0.2, 0) is 0 Å². The number of tetrazole rings is 1. The Balaban J connectivity index is 1.85. The van der Waals surface area contributed by atoms with Crippen molar-refractivity contribution < 1.29 is 5.11 Å². The minimum absolute atomic E-state index is 0.565. The highest BCUT2D eigenvalue weighted by molar-refractivity contribution is 5.49. The van der Waals surface area contributed by atoms with Gasteiger partial charge in [0.2, 0.25) is 0 Å². The average Bonchev–Trinajstić information content (AvgIpc) is 2.73. The molecule has 0 saturated carbocycles. The van der Waals surface area contributed by atoms with Crippen molar-refractivity contribution in [1.29, 1.82) is 0 Å². The van der Waals surface area contributed by atoms with Gasteiger partial charge in [0.15, 0.2) is 11.5 Å². The lowest BCUT2D eigenvalue weighted by Crippen LogP contribution is -2.62. The third kappa shape index (κ3) is 1.62. The summed E-state index contributed by atoms with van der Waals surface area (Å²) in [6, 6.07) is 0. The topological polar surface area (TPSA) is 79.4 Å². The Bertz CT molecular complexity index is 532. The number of β-amino-alcohol motifs (C(OH)–C–C–N with tert-alkyl or cyclic N) is 1. The molecule has 2 aromatic heterocycles. The minimum atomic E-state index is -0.565. The van der Waals surface area contributed by atoms with Crippen molar-refractivity contribution in [2.45, 2.75) is 25.4 Å². The zero-order valence-electron chi connectivity index (χ0n) is 9.61. The molecular weight excluding hydrogens is 220 g/mol. The smallest absolute Gasteiger partial charge is 0.199 e. The molecule has 0 aliphatic carbocycles. The van der Waals surface area contributed by atoms with Crippen molar-refractivity contribution in [1.82, 2.24) is 25.0 Å². The Labute approximate surface area is 98.1 Å². The Morgan fingerprint density at radius 2 is 2.24 bits per heavy atom. The van der Waals surface area contributed by atoms with Gasteiger partial charge in [0, 0.05) is 0 Å². The molecule has 2 aromatic rings. The third-order valence-electron chi connectivity index (χ3n) is 3.10. The molecule has 0 atom stereocenters. The second-order valence-corrected chi connectivity index (χ2v) is 4.54. The van der Waals surface area contributed by atoms with E-state index in [0.29, 0.717) is 18.7 Å². The largest absolute Gasteiger partial charge is 0.386 e. The number of anilines is 1. The Kier molecular flexibility index (Phi) is 2.22. The summed E-state index contributed by atoms with van der Waals surface area (Å²) in [6.07, 6.45) is 5.14. The summed E-state index contributed by atoms with van der Waals surface area (Å²) >= 11 is 0. The number of aromatic nitrogens is 5. The molecule has 3 rings (SSSR count). The van der Waals surface area contributed by atoms with Crippen molar-refractivity contribution >= 4 is 11.5 Å². The van der Waals surface area contributed by atoms with Gasteiger partial charge in [-0.2, -0.15) is 4.52 Å². The zero-order chi connectivity index (χ0) is 11.9. The first kappa shape index (κ1) is 10.4. The summed E-state index contributed by atoms with van der Waals surface area (Å²) in [6.45, 7) is 3.30. The van der Waals surface area contributed by atoms with Crippen molar-refractivity contribution in [3.63, 3.8) is 0 Å². The van der Waals surface area contributed by atoms with Gasteiger partial charge < -0.3 is 10.0 Å². The normalized spacial score (nSPS) is 18.4. The molecular formula is C10H14N6O. The molecule has 1 N–H and O–H groups in total. The number of aliphatic hydroxyl groups is 1. The highest BCUT2D eigenvalue weighted by Gasteiger charge is 2.41. The van der Waals surface area contributed by atoms with E-state index in [2.05, 4.69) is 27.4 Å². The van der Waals surface area contributed by atoms with Crippen LogP contribution in [0.5, 0.6) is 0 Å². The van der Waals surface area contributed by atoms with Gasteiger partial charge in [-0.05, 0) is 16.8 Å². The van der Waals surface area contributed by atoms with Crippen molar-refractivity contribution in [2.24, 2.45) is 0 Å². The van der Waals surface area contributed by atoms with Crippen molar-refractivity contribution in [2.75, 3.05) is 18.0 Å². The molecule has 90 valence electrons. The predicted molar refractivity (Wildman–Crippen MR) is 60.6 cm³/mol. The lowest BCUT2D eigenvalue weighted by Gasteiger charge is -2.47. The number of rotatable bonds is 3. The van der Waals surface area contributed by atoms with Gasteiger partial charge in [-0.25, -0.2) is 0 Å². The van der Waals surface area contributed by atoms with Gasteiger partial charge in [0.05, 0.1) is 31.1 Å². The number of hydrogen-bond acceptors (Lipinski definition) is 6. The Morgan fingerprint density at radius 1 is 1.41 bits per heavy atom. The molecule has 17 heavy (non-hydrogen) atoms. The SMILES string of the molecule is CCCC1(O)CN(c2cncc3nnnn23)C1. The summed E-state index contributed by atoms with van der Waals surface area (Å²) in [4.78, 5) is 6.13. The molecule has 7 heteroatoms. The highest BCUT2D eigenvalue weighted by Crippen LogP contribution is 2.30. The molecule has 1 aliphatic rings. The van der Waals surface area contributed by atoms with Gasteiger partial charge in [0.25, 0.3) is 0 Å². The van der Waals surface area contributed by atoms with E-state index in [9.17, 15) is 5.11 Å². The van der Waals surface area contributed by atoms with Crippen LogP contribution in [0.4, 0.5) is 5.82 Å². The first-order valence-corrected chi connectivity index (χ1v) is 5.71. The standard InChI is InChI=1S/C10H14N6O/c1-2-3-10(17)6-15(7-10)9-5-11-4-8-12-13-14-16(8)9/h4-5,17H,2-3,6-7H2,1H3. The van der Waals surface area contributed by atoms with Crippen molar-refractivity contribution in [3.8, 4) is 0 Å². The van der Waals surface area contributed by atoms with Crippen LogP contribution in [0.3, 0.4) is 0 Å². The number of fused-ring (bicyclic) bond motifs is 1. The summed E-state index contributed by atoms with van der Waals surface area (Å²) in [5.74, 6) is 0.827. The summed E-state index contributed by atoms with van der Waals surface area (Å²) < 4.78 is 1.64. The van der Waals surface area contributed by atoms with Crippen LogP contribution in [0.1, 0.15) is 19.8 Å². The van der Waals surface area contributed by atoms with Crippen LogP contribution in [0.15, 0.2) is 12.4 Å². The van der Waals surface area contributed by atoms with Crippen LogP contribution in [0.25, 0.3) is 5.65 Å². The number of hydrogen-bond donors (Lipinski definition) is 1. The maximum atomic E-state index is 10.1. The predicted octanol–water partition coefficient (Wildman–Crippen LogP) is -0.130. The lowest BCUT2D eigenvalue weighted by atomic mass is 9.89. The highest BCUT2D eigenvalue weighted by atomic mass is 16.3. The zero-order valence-corrected chi connectivity index (χ0v) is 9.61. The van der Waals surface area contributed by atoms with E-state index in [4.69, 9.17) is 0 Å². The van der Waals surface area contributed by atoms with Crippen LogP contribution in [0, 0.1) is 0 Å². The lowest BCUT2D eigenvalue weighted by molar-refractivity contribution is 0.00269. The molecule has 0 spiro atoms. The molecule has 1 fully saturated rings. The van der Waals surface area contributed by atoms with Crippen LogP contribution in [0.2, 0.25) is 0 Å². The molecule has 0 amide bonds. The quantitative estimate of drug-likeness (QED) is 0.797. The molecule has 7 nitrogen and oxygen atoms in total. The van der Waals surface area contributed by atoms with Crippen LogP contribution >= 0.6 is 0 Å². The van der Waals surface area contributed by atoms with Gasteiger partial charge in [-0.3, -0.25) is 4.98 Å². The summed E-state index contributed by atoms with van der Waals surface area (Å²) in [5.41, 5.74) is 0.0544.